The molecular weight excluding hydrogens is 260 g/mol. The van der Waals surface area contributed by atoms with Gasteiger partial charge in [0.25, 0.3) is 0 Å². The Labute approximate surface area is 128 Å². The second-order valence-corrected chi connectivity index (χ2v) is 7.92. The quantitative estimate of drug-likeness (QED) is 0.810. The van der Waals surface area contributed by atoms with Gasteiger partial charge in [-0.1, -0.05) is 39.0 Å². The maximum absolute atomic E-state index is 10.4. The van der Waals surface area contributed by atoms with Crippen LogP contribution in [0.1, 0.15) is 64.5 Å². The molecule has 0 radical (unpaired) electrons. The van der Waals surface area contributed by atoms with Gasteiger partial charge in [-0.05, 0) is 49.0 Å². The third-order valence-electron chi connectivity index (χ3n) is 5.53. The molecule has 1 heterocycles. The molecule has 0 spiro atoms. The van der Waals surface area contributed by atoms with Crippen molar-refractivity contribution in [2.24, 2.45) is 17.3 Å². The Balaban J connectivity index is 1.65. The average molecular weight is 288 g/mol. The smallest absolute Gasteiger partial charge is 0.125 e. The molecule has 1 aliphatic carbocycles. The van der Waals surface area contributed by atoms with Gasteiger partial charge in [-0.2, -0.15) is 0 Å². The van der Waals surface area contributed by atoms with E-state index < -0.39 is 0 Å². The van der Waals surface area contributed by atoms with E-state index in [2.05, 4.69) is 20.8 Å². The standard InChI is InChI=1S/C19H28O2/c1-19(2,3)14-10-8-13(9-11-14)18-12-16(20)15-6-4-5-7-17(15)21-18/h4-7,13-14,16,18,20H,8-12H2,1-3H3/t13?,14?,16-,18?/m0/s1. The molecule has 1 aromatic carbocycles. The summed E-state index contributed by atoms with van der Waals surface area (Å²) in [5, 5.41) is 10.4. The van der Waals surface area contributed by atoms with Crippen LogP contribution in [0.5, 0.6) is 5.75 Å². The van der Waals surface area contributed by atoms with Gasteiger partial charge in [-0.3, -0.25) is 0 Å². The molecule has 1 aliphatic heterocycles. The van der Waals surface area contributed by atoms with Crippen molar-refractivity contribution < 1.29 is 9.84 Å². The highest BCUT2D eigenvalue weighted by Crippen LogP contribution is 2.44. The van der Waals surface area contributed by atoms with E-state index in [4.69, 9.17) is 4.74 Å². The maximum Gasteiger partial charge on any atom is 0.125 e. The van der Waals surface area contributed by atoms with Gasteiger partial charge in [-0.25, -0.2) is 0 Å². The zero-order valence-electron chi connectivity index (χ0n) is 13.5. The minimum atomic E-state index is -0.361. The van der Waals surface area contributed by atoms with Crippen LogP contribution >= 0.6 is 0 Å². The largest absolute Gasteiger partial charge is 0.490 e. The highest BCUT2D eigenvalue weighted by molar-refractivity contribution is 5.37. The summed E-state index contributed by atoms with van der Waals surface area (Å²) in [5.74, 6) is 2.32. The van der Waals surface area contributed by atoms with Crippen LogP contribution in [0.3, 0.4) is 0 Å². The predicted molar refractivity (Wildman–Crippen MR) is 85.3 cm³/mol. The summed E-state index contributed by atoms with van der Waals surface area (Å²) in [6, 6.07) is 7.93. The topological polar surface area (TPSA) is 29.5 Å². The summed E-state index contributed by atoms with van der Waals surface area (Å²) in [6.45, 7) is 7.07. The first kappa shape index (κ1) is 14.9. The molecule has 1 unspecified atom stereocenters. The van der Waals surface area contributed by atoms with Crippen LogP contribution in [0.4, 0.5) is 0 Å². The molecule has 1 N–H and O–H groups in total. The van der Waals surface area contributed by atoms with Crippen molar-refractivity contribution in [1.29, 1.82) is 0 Å². The third-order valence-corrected chi connectivity index (χ3v) is 5.53. The number of hydrogen-bond donors (Lipinski definition) is 1. The molecule has 2 atom stereocenters. The third kappa shape index (κ3) is 3.11. The van der Waals surface area contributed by atoms with E-state index in [1.807, 2.05) is 24.3 Å². The molecule has 0 bridgehead atoms. The van der Waals surface area contributed by atoms with Crippen LogP contribution in [0.15, 0.2) is 24.3 Å². The highest BCUT2D eigenvalue weighted by atomic mass is 16.5. The number of hydrogen-bond acceptors (Lipinski definition) is 2. The van der Waals surface area contributed by atoms with E-state index in [0.29, 0.717) is 11.3 Å². The normalized spacial score (nSPS) is 33.1. The summed E-state index contributed by atoms with van der Waals surface area (Å²) in [6.07, 6.45) is 5.65. The van der Waals surface area contributed by atoms with Crippen molar-refractivity contribution in [1.82, 2.24) is 0 Å². The van der Waals surface area contributed by atoms with Gasteiger partial charge in [0.05, 0.1) is 6.10 Å². The Morgan fingerprint density at radius 2 is 1.71 bits per heavy atom. The predicted octanol–water partition coefficient (Wildman–Crippen LogP) is 4.72. The van der Waals surface area contributed by atoms with E-state index in [9.17, 15) is 5.11 Å². The van der Waals surface area contributed by atoms with E-state index in [1.165, 1.54) is 25.7 Å². The Kier molecular flexibility index (Phi) is 4.00. The van der Waals surface area contributed by atoms with Crippen LogP contribution in [0.2, 0.25) is 0 Å². The van der Waals surface area contributed by atoms with E-state index in [0.717, 1.165) is 23.7 Å². The lowest BCUT2D eigenvalue weighted by molar-refractivity contribution is 0.0105. The number of rotatable bonds is 1. The molecule has 1 fully saturated rings. The number of aliphatic hydroxyl groups is 1. The Morgan fingerprint density at radius 1 is 1.05 bits per heavy atom. The number of ether oxygens (including phenoxy) is 1. The summed E-state index contributed by atoms with van der Waals surface area (Å²) in [5.41, 5.74) is 1.38. The van der Waals surface area contributed by atoms with Crippen molar-refractivity contribution >= 4 is 0 Å². The van der Waals surface area contributed by atoms with Crippen LogP contribution in [-0.4, -0.2) is 11.2 Å². The number of aliphatic hydroxyl groups excluding tert-OH is 1. The minimum absolute atomic E-state index is 0.191. The van der Waals surface area contributed by atoms with Gasteiger partial charge in [0.2, 0.25) is 0 Å². The first-order valence-electron chi connectivity index (χ1n) is 8.39. The molecule has 1 aromatic rings. The van der Waals surface area contributed by atoms with Gasteiger partial charge >= 0.3 is 0 Å². The highest BCUT2D eigenvalue weighted by Gasteiger charge is 2.37. The van der Waals surface area contributed by atoms with Crippen LogP contribution < -0.4 is 4.74 Å². The zero-order valence-corrected chi connectivity index (χ0v) is 13.5. The summed E-state index contributed by atoms with van der Waals surface area (Å²) in [4.78, 5) is 0. The van der Waals surface area contributed by atoms with Crippen molar-refractivity contribution in [3.05, 3.63) is 29.8 Å². The summed E-state index contributed by atoms with van der Waals surface area (Å²) < 4.78 is 6.20. The lowest BCUT2D eigenvalue weighted by Crippen LogP contribution is -2.36. The van der Waals surface area contributed by atoms with Gasteiger partial charge < -0.3 is 9.84 Å². The van der Waals surface area contributed by atoms with Gasteiger partial charge in [0.1, 0.15) is 11.9 Å². The van der Waals surface area contributed by atoms with Gasteiger partial charge in [0.15, 0.2) is 0 Å². The maximum atomic E-state index is 10.4. The molecule has 2 aliphatic rings. The molecule has 1 saturated carbocycles. The van der Waals surface area contributed by atoms with Crippen LogP contribution in [0.25, 0.3) is 0 Å². The monoisotopic (exact) mass is 288 g/mol. The second-order valence-electron chi connectivity index (χ2n) is 7.92. The van der Waals surface area contributed by atoms with E-state index in [-0.39, 0.29) is 12.2 Å². The lowest BCUT2D eigenvalue weighted by atomic mass is 9.68. The summed E-state index contributed by atoms with van der Waals surface area (Å²) in [7, 11) is 0. The molecule has 0 amide bonds. The van der Waals surface area contributed by atoms with Crippen molar-refractivity contribution in [2.75, 3.05) is 0 Å². The fourth-order valence-corrected chi connectivity index (χ4v) is 4.07. The summed E-state index contributed by atoms with van der Waals surface area (Å²) >= 11 is 0. The first-order chi connectivity index (χ1) is 9.95. The number of para-hydroxylation sites is 1. The lowest BCUT2D eigenvalue weighted by Gasteiger charge is -2.41. The second kappa shape index (κ2) is 5.64. The molecule has 0 aromatic heterocycles. The minimum Gasteiger partial charge on any atom is -0.490 e. The molecule has 2 heteroatoms. The number of benzene rings is 1. The van der Waals surface area contributed by atoms with Gasteiger partial charge in [-0.15, -0.1) is 0 Å². The van der Waals surface area contributed by atoms with Crippen LogP contribution in [0, 0.1) is 17.3 Å². The Morgan fingerprint density at radius 3 is 2.38 bits per heavy atom. The van der Waals surface area contributed by atoms with Gasteiger partial charge in [0, 0.05) is 12.0 Å². The van der Waals surface area contributed by atoms with E-state index >= 15 is 0 Å². The van der Waals surface area contributed by atoms with E-state index in [1.54, 1.807) is 0 Å². The number of fused-ring (bicyclic) bond motifs is 1. The Bertz CT molecular complexity index is 481. The van der Waals surface area contributed by atoms with Crippen molar-refractivity contribution in [3.63, 3.8) is 0 Å². The molecular formula is C19H28O2. The van der Waals surface area contributed by atoms with Crippen molar-refractivity contribution in [3.8, 4) is 5.75 Å². The molecule has 116 valence electrons. The molecule has 2 nitrogen and oxygen atoms in total. The molecule has 21 heavy (non-hydrogen) atoms. The SMILES string of the molecule is CC(C)(C)C1CCC(C2C[C@H](O)c3ccccc3O2)CC1. The molecule has 0 saturated heterocycles. The first-order valence-corrected chi connectivity index (χ1v) is 8.39. The van der Waals surface area contributed by atoms with Crippen molar-refractivity contribution in [2.45, 2.75) is 65.1 Å². The fourth-order valence-electron chi connectivity index (χ4n) is 4.07. The van der Waals surface area contributed by atoms with Crippen LogP contribution in [-0.2, 0) is 0 Å². The fraction of sp³-hybridized carbons (Fsp3) is 0.684. The zero-order chi connectivity index (χ0) is 15.0. The Hall–Kier alpha value is -1.02. The average Bonchev–Trinajstić information content (AvgIpc) is 2.46. The molecule has 3 rings (SSSR count).